The van der Waals surface area contributed by atoms with Crippen molar-refractivity contribution >= 4 is 39.7 Å². The average Bonchev–Trinajstić information content (AvgIpc) is 3.39. The van der Waals surface area contributed by atoms with Crippen molar-refractivity contribution in [3.05, 3.63) is 273 Å². The van der Waals surface area contributed by atoms with Gasteiger partial charge in [-0.3, -0.25) is 0 Å². The van der Waals surface area contributed by atoms with Crippen LogP contribution < -0.4 is 9.80 Å². The molecule has 10 aromatic carbocycles. The van der Waals surface area contributed by atoms with E-state index in [4.69, 9.17) is 0 Å². The van der Waals surface area contributed by atoms with Crippen molar-refractivity contribution in [3.63, 3.8) is 0 Å². The predicted molar refractivity (Wildman–Crippen MR) is 278 cm³/mol. The van der Waals surface area contributed by atoms with Gasteiger partial charge in [0.05, 0.1) is 0 Å². The van der Waals surface area contributed by atoms with E-state index in [-0.39, 0.29) is 0 Å². The average molecular weight is 833 g/mol. The molecule has 2 nitrogen and oxygen atoms in total. The number of rotatable bonds is 12. The van der Waals surface area contributed by atoms with Gasteiger partial charge in [-0.05, 0) is 141 Å². The molecule has 310 valence electrons. The summed E-state index contributed by atoms with van der Waals surface area (Å²) in [7, 11) is 0. The second-order valence-corrected chi connectivity index (χ2v) is 16.4. The zero-order valence-electron chi connectivity index (χ0n) is 36.4. The second kappa shape index (κ2) is 18.5. The van der Waals surface area contributed by atoms with E-state index in [0.717, 1.165) is 56.4 Å². The van der Waals surface area contributed by atoms with Gasteiger partial charge in [0.15, 0.2) is 0 Å². The lowest BCUT2D eigenvalue weighted by atomic mass is 10.00. The fourth-order valence-corrected chi connectivity index (χ4v) is 8.55. The summed E-state index contributed by atoms with van der Waals surface area (Å²) >= 11 is 0. The molecule has 0 unspecified atom stereocenters. The molecule has 0 radical (unpaired) electrons. The molecule has 0 fully saturated rings. The van der Waals surface area contributed by atoms with E-state index in [1.807, 2.05) is 6.92 Å². The topological polar surface area (TPSA) is 6.48 Å². The van der Waals surface area contributed by atoms with Crippen LogP contribution in [0.2, 0.25) is 0 Å². The van der Waals surface area contributed by atoms with Crippen molar-refractivity contribution < 1.29 is 0 Å². The number of hydrogen-bond acceptors (Lipinski definition) is 2. The molecular formula is C63H48N2. The lowest BCUT2D eigenvalue weighted by Crippen LogP contribution is -2.10. The fraction of sp³-hybridized carbons (Fsp3) is 0.0159. The lowest BCUT2D eigenvalue weighted by Gasteiger charge is -2.27. The van der Waals surface area contributed by atoms with Crippen LogP contribution in [0, 0.1) is 0 Å². The van der Waals surface area contributed by atoms with Crippen molar-refractivity contribution in [1.82, 2.24) is 0 Å². The van der Waals surface area contributed by atoms with Crippen molar-refractivity contribution in [2.24, 2.45) is 0 Å². The summed E-state index contributed by atoms with van der Waals surface area (Å²) in [6.45, 7) is 6.22. The van der Waals surface area contributed by atoms with Crippen LogP contribution in [0.25, 0.3) is 61.2 Å². The molecule has 0 bridgehead atoms. The number of allylic oxidation sites excluding steroid dienone is 1. The Morgan fingerprint density at radius 3 is 0.600 bits per heavy atom. The minimum absolute atomic E-state index is 1.05. The Hall–Kier alpha value is -8.46. The number of hydrogen-bond donors (Lipinski definition) is 0. The van der Waals surface area contributed by atoms with Gasteiger partial charge in [0, 0.05) is 34.1 Å². The standard InChI is InChI=1S/C63H48N2/c1-46(2)47-22-34-58(35-23-47)64(61-40-28-55(29-41-61)52-20-18-51(19-21-52)48-12-6-3-7-13-48)62-42-30-56(31-43-62)57-32-44-63(45-33-57)65(59-36-24-53(25-37-59)49-14-8-4-9-15-49)60-38-26-54(27-39-60)50-16-10-5-11-17-50/h3-45H,1H2,2H3. The first-order valence-electron chi connectivity index (χ1n) is 22.2. The van der Waals surface area contributed by atoms with Crippen LogP contribution in [0.5, 0.6) is 0 Å². The molecule has 0 heterocycles. The van der Waals surface area contributed by atoms with Gasteiger partial charge < -0.3 is 9.80 Å². The Labute approximate surface area is 383 Å². The maximum absolute atomic E-state index is 4.17. The van der Waals surface area contributed by atoms with Gasteiger partial charge in [0.25, 0.3) is 0 Å². The van der Waals surface area contributed by atoms with E-state index in [2.05, 4.69) is 277 Å². The van der Waals surface area contributed by atoms with Crippen molar-refractivity contribution in [2.75, 3.05) is 9.80 Å². The van der Waals surface area contributed by atoms with E-state index in [1.54, 1.807) is 0 Å². The number of anilines is 6. The normalized spacial score (nSPS) is 10.9. The molecule has 10 aromatic rings. The smallest absolute Gasteiger partial charge is 0.0462 e. The van der Waals surface area contributed by atoms with E-state index >= 15 is 0 Å². The van der Waals surface area contributed by atoms with E-state index in [9.17, 15) is 0 Å². The summed E-state index contributed by atoms with van der Waals surface area (Å²) in [5, 5.41) is 0. The van der Waals surface area contributed by atoms with Crippen LogP contribution in [0.15, 0.2) is 267 Å². The number of nitrogens with zero attached hydrogens (tertiary/aromatic N) is 2. The van der Waals surface area contributed by atoms with Gasteiger partial charge in [-0.15, -0.1) is 0 Å². The summed E-state index contributed by atoms with van der Waals surface area (Å²) in [6, 6.07) is 93.5. The molecule has 0 N–H and O–H groups in total. The largest absolute Gasteiger partial charge is 0.311 e. The van der Waals surface area contributed by atoms with E-state index in [0.29, 0.717) is 0 Å². The van der Waals surface area contributed by atoms with Gasteiger partial charge in [-0.1, -0.05) is 200 Å². The van der Waals surface area contributed by atoms with Crippen molar-refractivity contribution in [1.29, 1.82) is 0 Å². The molecule has 0 aliphatic rings. The fourth-order valence-electron chi connectivity index (χ4n) is 8.55. The monoisotopic (exact) mass is 832 g/mol. The molecule has 10 rings (SSSR count). The van der Waals surface area contributed by atoms with Crippen LogP contribution in [0.4, 0.5) is 34.1 Å². The van der Waals surface area contributed by atoms with Crippen molar-refractivity contribution in [2.45, 2.75) is 6.92 Å². The summed E-state index contributed by atoms with van der Waals surface area (Å²) < 4.78 is 0. The summed E-state index contributed by atoms with van der Waals surface area (Å²) in [6.07, 6.45) is 0. The molecular weight excluding hydrogens is 785 g/mol. The molecule has 65 heavy (non-hydrogen) atoms. The minimum atomic E-state index is 1.05. The third-order valence-electron chi connectivity index (χ3n) is 12.1. The summed E-state index contributed by atoms with van der Waals surface area (Å²) in [5.41, 5.74) is 20.6. The van der Waals surface area contributed by atoms with Gasteiger partial charge in [0.1, 0.15) is 0 Å². The zero-order chi connectivity index (χ0) is 44.0. The van der Waals surface area contributed by atoms with Gasteiger partial charge in [0.2, 0.25) is 0 Å². The molecule has 0 saturated heterocycles. The molecule has 0 saturated carbocycles. The predicted octanol–water partition coefficient (Wildman–Crippen LogP) is 18.0. The lowest BCUT2D eigenvalue weighted by molar-refractivity contribution is 1.28. The molecule has 0 atom stereocenters. The first-order valence-corrected chi connectivity index (χ1v) is 22.2. The van der Waals surface area contributed by atoms with Crippen LogP contribution >= 0.6 is 0 Å². The third-order valence-corrected chi connectivity index (χ3v) is 12.1. The first kappa shape index (κ1) is 40.6. The highest BCUT2D eigenvalue weighted by Gasteiger charge is 2.16. The van der Waals surface area contributed by atoms with Crippen LogP contribution in [-0.2, 0) is 0 Å². The molecule has 0 amide bonds. The van der Waals surface area contributed by atoms with Crippen LogP contribution in [0.3, 0.4) is 0 Å². The molecule has 0 aliphatic heterocycles. The highest BCUT2D eigenvalue weighted by Crippen LogP contribution is 2.40. The van der Waals surface area contributed by atoms with Crippen molar-refractivity contribution in [3.8, 4) is 55.6 Å². The van der Waals surface area contributed by atoms with E-state index < -0.39 is 0 Å². The van der Waals surface area contributed by atoms with Crippen LogP contribution in [-0.4, -0.2) is 0 Å². The third kappa shape index (κ3) is 8.93. The van der Waals surface area contributed by atoms with Gasteiger partial charge >= 0.3 is 0 Å². The maximum atomic E-state index is 4.17. The summed E-state index contributed by atoms with van der Waals surface area (Å²) in [4.78, 5) is 4.65. The first-order chi connectivity index (χ1) is 32.0. The highest BCUT2D eigenvalue weighted by atomic mass is 15.1. The molecule has 0 spiro atoms. The Balaban J connectivity index is 0.938. The summed E-state index contributed by atoms with van der Waals surface area (Å²) in [5.74, 6) is 0. The van der Waals surface area contributed by atoms with Crippen LogP contribution in [0.1, 0.15) is 12.5 Å². The maximum Gasteiger partial charge on any atom is 0.0462 e. The second-order valence-electron chi connectivity index (χ2n) is 16.4. The molecule has 2 heteroatoms. The molecule has 0 aromatic heterocycles. The Bertz CT molecular complexity index is 3040. The Morgan fingerprint density at radius 2 is 0.400 bits per heavy atom. The van der Waals surface area contributed by atoms with Gasteiger partial charge in [-0.2, -0.15) is 0 Å². The zero-order valence-corrected chi connectivity index (χ0v) is 36.4. The highest BCUT2D eigenvalue weighted by molar-refractivity contribution is 5.83. The molecule has 0 aliphatic carbocycles. The Kier molecular flexibility index (Phi) is 11.5. The number of benzene rings is 10. The van der Waals surface area contributed by atoms with E-state index in [1.165, 1.54) is 44.5 Å². The Morgan fingerprint density at radius 1 is 0.231 bits per heavy atom. The minimum Gasteiger partial charge on any atom is -0.311 e. The van der Waals surface area contributed by atoms with Gasteiger partial charge in [-0.25, -0.2) is 0 Å². The quantitative estimate of drug-likeness (QED) is 0.121. The SMILES string of the molecule is C=C(C)c1ccc(N(c2ccc(-c3ccc(-c4ccccc4)cc3)cc2)c2ccc(-c3ccc(N(c4ccc(-c5ccccc5)cc4)c4ccc(-c5ccccc5)cc4)cc3)cc2)cc1.